The molecule has 16 heavy (non-hydrogen) atoms. The van der Waals surface area contributed by atoms with Gasteiger partial charge in [0.1, 0.15) is 0 Å². The Morgan fingerprint density at radius 1 is 1.56 bits per heavy atom. The molecule has 0 aliphatic heterocycles. The van der Waals surface area contributed by atoms with Crippen molar-refractivity contribution in [3.63, 3.8) is 0 Å². The molecule has 0 aliphatic rings. The molecule has 0 unspecified atom stereocenters. The lowest BCUT2D eigenvalue weighted by atomic mass is 10.2. The lowest BCUT2D eigenvalue weighted by Gasteiger charge is -2.05. The van der Waals surface area contributed by atoms with Crippen LogP contribution in [0.15, 0.2) is 30.0 Å². The van der Waals surface area contributed by atoms with E-state index in [0.717, 1.165) is 5.69 Å². The molecule has 1 aromatic rings. The highest BCUT2D eigenvalue weighted by Crippen LogP contribution is 2.11. The van der Waals surface area contributed by atoms with Gasteiger partial charge in [0.25, 0.3) is 0 Å². The summed E-state index contributed by atoms with van der Waals surface area (Å²) in [6, 6.07) is 5.59. The lowest BCUT2D eigenvalue weighted by molar-refractivity contribution is -0.138. The van der Waals surface area contributed by atoms with E-state index in [4.69, 9.17) is 4.74 Å². The van der Waals surface area contributed by atoms with Gasteiger partial charge >= 0.3 is 5.97 Å². The zero-order valence-corrected chi connectivity index (χ0v) is 10.3. The number of ether oxygens (including phenoxy) is 1. The Balaban J connectivity index is 2.84. The minimum atomic E-state index is -0.262. The Bertz CT molecular complexity index is 363. The average molecular weight is 237 g/mol. The van der Waals surface area contributed by atoms with E-state index in [1.165, 1.54) is 0 Å². The van der Waals surface area contributed by atoms with E-state index < -0.39 is 0 Å². The van der Waals surface area contributed by atoms with Crippen LogP contribution in [0.3, 0.4) is 0 Å². The fraction of sp³-hybridized carbons (Fsp3) is 0.333. The molecular formula is C12H15NO2S. The van der Waals surface area contributed by atoms with Crippen molar-refractivity contribution in [2.75, 3.05) is 18.6 Å². The van der Waals surface area contributed by atoms with Crippen LogP contribution in [-0.4, -0.2) is 29.6 Å². The monoisotopic (exact) mass is 237 g/mol. The van der Waals surface area contributed by atoms with E-state index in [1.807, 2.05) is 24.5 Å². The second-order valence-corrected chi connectivity index (χ2v) is 3.94. The summed E-state index contributed by atoms with van der Waals surface area (Å²) in [4.78, 5) is 15.8. The minimum absolute atomic E-state index is 0.262. The van der Waals surface area contributed by atoms with Crippen LogP contribution >= 0.6 is 11.8 Å². The molecule has 0 bridgehead atoms. The Kier molecular flexibility index (Phi) is 5.64. The van der Waals surface area contributed by atoms with Gasteiger partial charge in [-0.15, -0.1) is 0 Å². The van der Waals surface area contributed by atoms with Crippen molar-refractivity contribution in [3.05, 3.63) is 35.7 Å². The first kappa shape index (κ1) is 12.8. The Morgan fingerprint density at radius 3 is 2.94 bits per heavy atom. The van der Waals surface area contributed by atoms with Crippen molar-refractivity contribution >= 4 is 23.8 Å². The maximum Gasteiger partial charge on any atom is 0.334 e. The number of aromatic nitrogens is 1. The maximum atomic E-state index is 11.6. The van der Waals surface area contributed by atoms with E-state index in [-0.39, 0.29) is 5.97 Å². The molecular weight excluding hydrogens is 222 g/mol. The first-order valence-corrected chi connectivity index (χ1v) is 6.45. The van der Waals surface area contributed by atoms with Crippen molar-refractivity contribution in [2.24, 2.45) is 0 Å². The van der Waals surface area contributed by atoms with Crippen LogP contribution < -0.4 is 0 Å². The van der Waals surface area contributed by atoms with E-state index in [9.17, 15) is 4.79 Å². The van der Waals surface area contributed by atoms with Gasteiger partial charge in [-0.25, -0.2) is 4.79 Å². The maximum absolute atomic E-state index is 11.6. The number of thioether (sulfide) groups is 1. The molecule has 3 nitrogen and oxygen atoms in total. The van der Waals surface area contributed by atoms with Crippen molar-refractivity contribution in [2.45, 2.75) is 6.92 Å². The van der Waals surface area contributed by atoms with Crippen LogP contribution in [0.4, 0.5) is 0 Å². The molecule has 0 saturated heterocycles. The first-order chi connectivity index (χ1) is 7.77. The molecule has 0 aromatic carbocycles. The topological polar surface area (TPSA) is 39.2 Å². The third-order valence-corrected chi connectivity index (χ3v) is 2.45. The van der Waals surface area contributed by atoms with Gasteiger partial charge in [0.15, 0.2) is 0 Å². The third-order valence-electron chi connectivity index (χ3n) is 1.85. The number of esters is 1. The van der Waals surface area contributed by atoms with Crippen LogP contribution in [0, 0.1) is 0 Å². The third kappa shape index (κ3) is 4.06. The standard InChI is InChI=1S/C12H15NO2S/c1-3-15-12(14)10(9-16-2)8-11-6-4-5-7-13-11/h4-8H,3,9H2,1-2H3/b10-8+. The van der Waals surface area contributed by atoms with E-state index in [1.54, 1.807) is 31.0 Å². The number of rotatable bonds is 5. The molecule has 1 rings (SSSR count). The van der Waals surface area contributed by atoms with Crippen molar-refractivity contribution in [1.82, 2.24) is 4.98 Å². The molecule has 0 spiro atoms. The van der Waals surface area contributed by atoms with Gasteiger partial charge in [-0.3, -0.25) is 4.98 Å². The molecule has 0 radical (unpaired) electrons. The molecule has 0 saturated carbocycles. The van der Waals surface area contributed by atoms with E-state index in [0.29, 0.717) is 17.9 Å². The number of carbonyl (C=O) groups is 1. The molecule has 1 aromatic heterocycles. The second-order valence-electron chi connectivity index (χ2n) is 3.08. The highest BCUT2D eigenvalue weighted by molar-refractivity contribution is 7.98. The van der Waals surface area contributed by atoms with Gasteiger partial charge in [-0.1, -0.05) is 6.07 Å². The zero-order chi connectivity index (χ0) is 11.8. The molecule has 0 amide bonds. The van der Waals surface area contributed by atoms with E-state index in [2.05, 4.69) is 4.98 Å². The summed E-state index contributed by atoms with van der Waals surface area (Å²) in [6.07, 6.45) is 5.42. The summed E-state index contributed by atoms with van der Waals surface area (Å²) < 4.78 is 4.98. The predicted molar refractivity (Wildman–Crippen MR) is 67.2 cm³/mol. The highest BCUT2D eigenvalue weighted by atomic mass is 32.2. The van der Waals surface area contributed by atoms with Crippen LogP contribution in [0.5, 0.6) is 0 Å². The largest absolute Gasteiger partial charge is 0.463 e. The molecule has 1 heterocycles. The summed E-state index contributed by atoms with van der Waals surface area (Å²) in [7, 11) is 0. The lowest BCUT2D eigenvalue weighted by Crippen LogP contribution is -2.09. The van der Waals surface area contributed by atoms with E-state index >= 15 is 0 Å². The van der Waals surface area contributed by atoms with Crippen molar-refractivity contribution < 1.29 is 9.53 Å². The smallest absolute Gasteiger partial charge is 0.334 e. The van der Waals surface area contributed by atoms with Crippen LogP contribution in [0.25, 0.3) is 6.08 Å². The number of carbonyl (C=O) groups excluding carboxylic acids is 1. The van der Waals surface area contributed by atoms with Gasteiger partial charge in [0.2, 0.25) is 0 Å². The molecule has 0 aliphatic carbocycles. The zero-order valence-electron chi connectivity index (χ0n) is 9.47. The Labute approximate surface area is 99.9 Å². The molecule has 0 atom stereocenters. The highest BCUT2D eigenvalue weighted by Gasteiger charge is 2.09. The summed E-state index contributed by atoms with van der Waals surface area (Å²) in [6.45, 7) is 2.20. The van der Waals surface area contributed by atoms with Gasteiger partial charge in [0.05, 0.1) is 12.3 Å². The predicted octanol–water partition coefficient (Wildman–Crippen LogP) is 2.39. The fourth-order valence-electron chi connectivity index (χ4n) is 1.18. The van der Waals surface area contributed by atoms with Crippen LogP contribution in [0.2, 0.25) is 0 Å². The van der Waals surface area contributed by atoms with Crippen molar-refractivity contribution in [3.8, 4) is 0 Å². The minimum Gasteiger partial charge on any atom is -0.463 e. The Morgan fingerprint density at radius 2 is 2.38 bits per heavy atom. The summed E-state index contributed by atoms with van der Waals surface area (Å²) >= 11 is 1.59. The summed E-state index contributed by atoms with van der Waals surface area (Å²) in [5.74, 6) is 0.373. The molecule has 4 heteroatoms. The molecule has 0 fully saturated rings. The van der Waals surface area contributed by atoms with Gasteiger partial charge in [-0.2, -0.15) is 11.8 Å². The average Bonchev–Trinajstić information content (AvgIpc) is 2.30. The quantitative estimate of drug-likeness (QED) is 0.582. The first-order valence-electron chi connectivity index (χ1n) is 5.05. The van der Waals surface area contributed by atoms with Gasteiger partial charge in [-0.05, 0) is 31.4 Å². The van der Waals surface area contributed by atoms with Gasteiger partial charge in [0, 0.05) is 17.5 Å². The summed E-state index contributed by atoms with van der Waals surface area (Å²) in [5, 5.41) is 0. The molecule has 0 N–H and O–H groups in total. The number of hydrogen-bond donors (Lipinski definition) is 0. The van der Waals surface area contributed by atoms with Crippen LogP contribution in [0.1, 0.15) is 12.6 Å². The fourth-order valence-corrected chi connectivity index (χ4v) is 1.69. The number of nitrogens with zero attached hydrogens (tertiary/aromatic N) is 1. The van der Waals surface area contributed by atoms with Gasteiger partial charge < -0.3 is 4.74 Å². The number of hydrogen-bond acceptors (Lipinski definition) is 4. The normalized spacial score (nSPS) is 11.2. The molecule has 86 valence electrons. The van der Waals surface area contributed by atoms with Crippen LogP contribution in [-0.2, 0) is 9.53 Å². The number of pyridine rings is 1. The van der Waals surface area contributed by atoms with Crippen molar-refractivity contribution in [1.29, 1.82) is 0 Å². The second kappa shape index (κ2) is 7.06. The summed E-state index contributed by atoms with van der Waals surface area (Å²) in [5.41, 5.74) is 1.42. The SMILES string of the molecule is CCOC(=O)/C(=C/c1ccccn1)CSC. The Hall–Kier alpha value is -1.29.